The number of nitrogens with one attached hydrogen (secondary N) is 1. The number of unbranched alkanes of at least 4 members (excludes halogenated alkanes) is 36. The van der Waals surface area contributed by atoms with Gasteiger partial charge < -0.3 is 20.3 Å². The minimum Gasteiger partial charge on any atom is -0.466 e. The van der Waals surface area contributed by atoms with Gasteiger partial charge in [-0.15, -0.1) is 0 Å². The van der Waals surface area contributed by atoms with E-state index in [0.717, 1.165) is 51.4 Å². The van der Waals surface area contributed by atoms with E-state index in [1.165, 1.54) is 212 Å². The highest BCUT2D eigenvalue weighted by molar-refractivity contribution is 5.76. The Labute approximate surface area is 392 Å². The van der Waals surface area contributed by atoms with Crippen molar-refractivity contribution in [2.75, 3.05) is 13.2 Å². The van der Waals surface area contributed by atoms with E-state index in [4.69, 9.17) is 4.74 Å². The fraction of sp³-hybridized carbons (Fsp3) is 0.860. The highest BCUT2D eigenvalue weighted by Gasteiger charge is 2.18. The Morgan fingerprint density at radius 3 is 1.27 bits per heavy atom. The second-order valence-electron chi connectivity index (χ2n) is 18.9. The molecule has 0 aromatic heterocycles. The van der Waals surface area contributed by atoms with Gasteiger partial charge in [0.25, 0.3) is 0 Å². The first-order valence-electron chi connectivity index (χ1n) is 27.8. The zero-order valence-corrected chi connectivity index (χ0v) is 42.1. The van der Waals surface area contributed by atoms with Gasteiger partial charge in [-0.1, -0.05) is 256 Å². The summed E-state index contributed by atoms with van der Waals surface area (Å²) in [5.41, 5.74) is 0. The predicted molar refractivity (Wildman–Crippen MR) is 273 cm³/mol. The van der Waals surface area contributed by atoms with Gasteiger partial charge in [0.15, 0.2) is 0 Å². The lowest BCUT2D eigenvalue weighted by atomic mass is 10.0. The number of allylic oxidation sites excluding steroid dienone is 5. The van der Waals surface area contributed by atoms with Crippen LogP contribution in [0.5, 0.6) is 0 Å². The number of amides is 1. The minimum absolute atomic E-state index is 0.00745. The summed E-state index contributed by atoms with van der Waals surface area (Å²) in [5, 5.41) is 23.1. The third kappa shape index (κ3) is 49.4. The molecule has 0 spiro atoms. The SMILES string of the molecule is CCC/C=C\C/C=C\CCCCCCCC(=O)OCCCCCCCCCCCCCCCCCCCCCC(=O)NC(CO)C(O)/C=C/CCCCCCCCCCCCCC. The van der Waals surface area contributed by atoms with Crippen molar-refractivity contribution < 1.29 is 24.5 Å². The summed E-state index contributed by atoms with van der Waals surface area (Å²) in [6.07, 6.45) is 64.4. The number of rotatable bonds is 51. The molecule has 0 bridgehead atoms. The Hall–Kier alpha value is -1.92. The van der Waals surface area contributed by atoms with Crippen molar-refractivity contribution in [1.82, 2.24) is 5.32 Å². The second-order valence-corrected chi connectivity index (χ2v) is 18.9. The first kappa shape index (κ1) is 61.1. The summed E-state index contributed by atoms with van der Waals surface area (Å²) in [5.74, 6) is -0.0786. The fourth-order valence-electron chi connectivity index (χ4n) is 8.38. The Morgan fingerprint density at radius 1 is 0.444 bits per heavy atom. The van der Waals surface area contributed by atoms with E-state index in [1.807, 2.05) is 6.08 Å². The molecule has 3 N–H and O–H groups in total. The van der Waals surface area contributed by atoms with Gasteiger partial charge in [0.05, 0.1) is 25.4 Å². The summed E-state index contributed by atoms with van der Waals surface area (Å²) in [6, 6.07) is -0.630. The number of aliphatic hydroxyl groups is 2. The van der Waals surface area contributed by atoms with E-state index in [2.05, 4.69) is 43.5 Å². The Kier molecular flexibility index (Phi) is 51.1. The van der Waals surface area contributed by atoms with Gasteiger partial charge >= 0.3 is 5.97 Å². The largest absolute Gasteiger partial charge is 0.466 e. The third-order valence-corrected chi connectivity index (χ3v) is 12.6. The number of aliphatic hydroxyl groups excluding tert-OH is 2. The summed E-state index contributed by atoms with van der Waals surface area (Å²) in [4.78, 5) is 24.4. The number of carbonyl (C=O) groups is 2. The molecule has 0 saturated carbocycles. The normalized spacial score (nSPS) is 12.9. The van der Waals surface area contributed by atoms with Crippen LogP contribution in [0.4, 0.5) is 0 Å². The molecule has 370 valence electrons. The minimum atomic E-state index is -0.846. The molecule has 0 rings (SSSR count). The number of hydrogen-bond acceptors (Lipinski definition) is 5. The first-order valence-corrected chi connectivity index (χ1v) is 27.8. The summed E-state index contributed by atoms with van der Waals surface area (Å²) in [6.45, 7) is 4.83. The number of hydrogen-bond donors (Lipinski definition) is 3. The van der Waals surface area contributed by atoms with Crippen LogP contribution in [0.2, 0.25) is 0 Å². The Balaban J connectivity index is 3.43. The number of carbonyl (C=O) groups excluding carboxylic acids is 2. The topological polar surface area (TPSA) is 95.9 Å². The lowest BCUT2D eigenvalue weighted by Gasteiger charge is -2.20. The van der Waals surface area contributed by atoms with Gasteiger partial charge in [-0.05, 0) is 57.8 Å². The molecular formula is C57H107NO5. The molecule has 0 fully saturated rings. The van der Waals surface area contributed by atoms with E-state index in [9.17, 15) is 19.8 Å². The van der Waals surface area contributed by atoms with Crippen molar-refractivity contribution in [1.29, 1.82) is 0 Å². The molecule has 0 aromatic rings. The highest BCUT2D eigenvalue weighted by atomic mass is 16.5. The monoisotopic (exact) mass is 886 g/mol. The molecule has 0 aromatic carbocycles. The van der Waals surface area contributed by atoms with Crippen LogP contribution < -0.4 is 5.32 Å². The van der Waals surface area contributed by atoms with Gasteiger partial charge in [0, 0.05) is 12.8 Å². The zero-order valence-electron chi connectivity index (χ0n) is 42.1. The van der Waals surface area contributed by atoms with Crippen LogP contribution in [0.15, 0.2) is 36.5 Å². The Bertz CT molecular complexity index is 1020. The van der Waals surface area contributed by atoms with Crippen molar-refractivity contribution >= 4 is 11.9 Å². The van der Waals surface area contributed by atoms with Crippen LogP contribution >= 0.6 is 0 Å². The third-order valence-electron chi connectivity index (χ3n) is 12.6. The number of esters is 1. The first-order chi connectivity index (χ1) is 31.0. The molecule has 0 aliphatic rings. The summed E-state index contributed by atoms with van der Waals surface area (Å²) >= 11 is 0. The molecule has 6 heteroatoms. The lowest BCUT2D eigenvalue weighted by molar-refractivity contribution is -0.143. The molecule has 1 amide bonds. The standard InChI is InChI=1S/C57H107NO5/c1-3-5-7-9-11-13-15-17-26-29-33-37-41-45-49-55(60)54(53-59)58-56(61)50-46-42-38-34-30-27-23-21-19-18-20-22-24-28-32-36-40-44-48-52-63-57(62)51-47-43-39-35-31-25-16-14-12-10-8-6-4-2/h8,10,14,16,45,49,54-55,59-60H,3-7,9,11-13,15,17-44,46-48,50-53H2,1-2H3,(H,58,61)/b10-8-,16-14-,49-45+. The molecular weight excluding hydrogens is 779 g/mol. The van der Waals surface area contributed by atoms with Crippen LogP contribution in [-0.2, 0) is 14.3 Å². The van der Waals surface area contributed by atoms with Crippen molar-refractivity contribution in [2.45, 2.75) is 302 Å². The Morgan fingerprint density at radius 2 is 0.825 bits per heavy atom. The maximum absolute atomic E-state index is 12.4. The van der Waals surface area contributed by atoms with Crippen LogP contribution in [0.3, 0.4) is 0 Å². The van der Waals surface area contributed by atoms with Crippen LogP contribution in [0.1, 0.15) is 290 Å². The molecule has 0 heterocycles. The maximum atomic E-state index is 12.4. The van der Waals surface area contributed by atoms with E-state index in [1.54, 1.807) is 6.08 Å². The van der Waals surface area contributed by atoms with E-state index in [0.29, 0.717) is 19.4 Å². The summed E-state index contributed by atoms with van der Waals surface area (Å²) < 4.78 is 5.46. The molecule has 0 saturated heterocycles. The molecule has 6 nitrogen and oxygen atoms in total. The molecule has 63 heavy (non-hydrogen) atoms. The van der Waals surface area contributed by atoms with Crippen molar-refractivity contribution in [3.05, 3.63) is 36.5 Å². The van der Waals surface area contributed by atoms with Gasteiger partial charge in [-0.3, -0.25) is 9.59 Å². The van der Waals surface area contributed by atoms with Gasteiger partial charge in [-0.25, -0.2) is 0 Å². The predicted octanol–water partition coefficient (Wildman–Crippen LogP) is 16.9. The van der Waals surface area contributed by atoms with E-state index in [-0.39, 0.29) is 18.5 Å². The van der Waals surface area contributed by atoms with Crippen LogP contribution in [0, 0.1) is 0 Å². The molecule has 0 aliphatic carbocycles. The zero-order chi connectivity index (χ0) is 45.8. The molecule has 2 unspecified atom stereocenters. The highest BCUT2D eigenvalue weighted by Crippen LogP contribution is 2.16. The average molecular weight is 886 g/mol. The van der Waals surface area contributed by atoms with Crippen molar-refractivity contribution in [3.63, 3.8) is 0 Å². The van der Waals surface area contributed by atoms with Crippen LogP contribution in [0.25, 0.3) is 0 Å². The van der Waals surface area contributed by atoms with Crippen molar-refractivity contribution in [3.8, 4) is 0 Å². The number of ether oxygens (including phenoxy) is 1. The van der Waals surface area contributed by atoms with Gasteiger partial charge in [-0.2, -0.15) is 0 Å². The molecule has 0 radical (unpaired) electrons. The fourth-order valence-corrected chi connectivity index (χ4v) is 8.38. The maximum Gasteiger partial charge on any atom is 0.305 e. The van der Waals surface area contributed by atoms with Crippen LogP contribution in [-0.4, -0.2) is 47.4 Å². The smallest absolute Gasteiger partial charge is 0.305 e. The quantitative estimate of drug-likeness (QED) is 0.0321. The van der Waals surface area contributed by atoms with Gasteiger partial charge in [0.2, 0.25) is 5.91 Å². The molecule has 2 atom stereocenters. The lowest BCUT2D eigenvalue weighted by Crippen LogP contribution is -2.45. The summed E-state index contributed by atoms with van der Waals surface area (Å²) in [7, 11) is 0. The van der Waals surface area contributed by atoms with Gasteiger partial charge in [0.1, 0.15) is 0 Å². The van der Waals surface area contributed by atoms with E-state index >= 15 is 0 Å². The van der Waals surface area contributed by atoms with E-state index < -0.39 is 12.1 Å². The van der Waals surface area contributed by atoms with Crippen molar-refractivity contribution in [2.24, 2.45) is 0 Å². The molecule has 0 aliphatic heterocycles. The average Bonchev–Trinajstić information content (AvgIpc) is 3.28. The second kappa shape index (κ2) is 52.7.